The maximum absolute atomic E-state index is 5.50. The molecule has 0 spiro atoms. The fraction of sp³-hybridized carbons (Fsp3) is 0.286. The summed E-state index contributed by atoms with van der Waals surface area (Å²) in [6.45, 7) is 0. The Morgan fingerprint density at radius 3 is 1.55 bits per heavy atom. The van der Waals surface area contributed by atoms with Gasteiger partial charge in [-0.3, -0.25) is 9.97 Å². The highest BCUT2D eigenvalue weighted by molar-refractivity contribution is 6.08. The summed E-state index contributed by atoms with van der Waals surface area (Å²) in [7, 11) is 0. The fourth-order valence-electron chi connectivity index (χ4n) is 7.76. The minimum atomic E-state index is 0.509. The SMILES string of the molecule is c1ccc(-c2cc(-c3ccccc3)cc(-c3cc(C4CCCCC4)nc4c3ccc3ccc(C5CCCCC5)nc34)c2)cc1. The summed E-state index contributed by atoms with van der Waals surface area (Å²) < 4.78 is 0. The Balaban J connectivity index is 1.38. The maximum Gasteiger partial charge on any atom is 0.0974 e. The highest BCUT2D eigenvalue weighted by Gasteiger charge is 2.22. The molecule has 0 aliphatic heterocycles. The van der Waals surface area contributed by atoms with E-state index in [0.29, 0.717) is 11.8 Å². The molecule has 44 heavy (non-hydrogen) atoms. The fourth-order valence-corrected chi connectivity index (χ4v) is 7.76. The van der Waals surface area contributed by atoms with Crippen LogP contribution in [0.3, 0.4) is 0 Å². The van der Waals surface area contributed by atoms with Crippen LogP contribution in [-0.4, -0.2) is 9.97 Å². The van der Waals surface area contributed by atoms with Crippen molar-refractivity contribution in [3.63, 3.8) is 0 Å². The molecular formula is C42H40N2. The van der Waals surface area contributed by atoms with Crippen LogP contribution in [-0.2, 0) is 0 Å². The van der Waals surface area contributed by atoms with Gasteiger partial charge in [0.2, 0.25) is 0 Å². The lowest BCUT2D eigenvalue weighted by atomic mass is 9.84. The topological polar surface area (TPSA) is 25.8 Å². The Hall–Kier alpha value is -4.30. The van der Waals surface area contributed by atoms with Crippen LogP contribution in [0.2, 0.25) is 0 Å². The molecule has 0 atom stereocenters. The lowest BCUT2D eigenvalue weighted by Gasteiger charge is -2.23. The molecule has 2 heterocycles. The van der Waals surface area contributed by atoms with Gasteiger partial charge in [0.25, 0.3) is 0 Å². The third-order valence-electron chi connectivity index (χ3n) is 10.2. The van der Waals surface area contributed by atoms with Gasteiger partial charge in [0, 0.05) is 34.0 Å². The van der Waals surface area contributed by atoms with Gasteiger partial charge in [0.15, 0.2) is 0 Å². The highest BCUT2D eigenvalue weighted by atomic mass is 14.8. The Kier molecular flexibility index (Phi) is 7.44. The summed E-state index contributed by atoms with van der Waals surface area (Å²) in [4.78, 5) is 10.9. The van der Waals surface area contributed by atoms with E-state index in [1.807, 2.05) is 0 Å². The predicted molar refractivity (Wildman–Crippen MR) is 185 cm³/mol. The molecule has 2 aliphatic rings. The smallest absolute Gasteiger partial charge is 0.0974 e. The molecule has 2 nitrogen and oxygen atoms in total. The van der Waals surface area contributed by atoms with Crippen molar-refractivity contribution in [1.29, 1.82) is 0 Å². The van der Waals surface area contributed by atoms with E-state index in [1.54, 1.807) is 0 Å². The molecule has 2 heteroatoms. The Morgan fingerprint density at radius 1 is 0.409 bits per heavy atom. The first-order chi connectivity index (χ1) is 21.8. The third-order valence-corrected chi connectivity index (χ3v) is 10.2. The highest BCUT2D eigenvalue weighted by Crippen LogP contribution is 2.41. The lowest BCUT2D eigenvalue weighted by molar-refractivity contribution is 0.437. The molecule has 4 aromatic carbocycles. The normalized spacial score (nSPS) is 16.5. The summed E-state index contributed by atoms with van der Waals surface area (Å²) in [6.07, 6.45) is 12.9. The third kappa shape index (κ3) is 5.32. The molecule has 0 N–H and O–H groups in total. The van der Waals surface area contributed by atoms with Gasteiger partial charge in [-0.2, -0.15) is 0 Å². The van der Waals surface area contributed by atoms with Crippen LogP contribution in [0, 0.1) is 0 Å². The second-order valence-corrected chi connectivity index (χ2v) is 13.1. The summed E-state index contributed by atoms with van der Waals surface area (Å²) >= 11 is 0. The Morgan fingerprint density at radius 2 is 0.932 bits per heavy atom. The van der Waals surface area contributed by atoms with Crippen molar-refractivity contribution in [1.82, 2.24) is 9.97 Å². The van der Waals surface area contributed by atoms with Crippen molar-refractivity contribution in [2.45, 2.75) is 76.0 Å². The molecule has 2 aromatic heterocycles. The first-order valence-electron chi connectivity index (χ1n) is 16.8. The second-order valence-electron chi connectivity index (χ2n) is 13.1. The first kappa shape index (κ1) is 27.3. The van der Waals surface area contributed by atoms with Gasteiger partial charge < -0.3 is 0 Å². The van der Waals surface area contributed by atoms with Gasteiger partial charge in [-0.1, -0.05) is 117 Å². The van der Waals surface area contributed by atoms with E-state index in [1.165, 1.54) is 120 Å². The van der Waals surface area contributed by atoms with Crippen molar-refractivity contribution < 1.29 is 0 Å². The van der Waals surface area contributed by atoms with Crippen LogP contribution in [0.15, 0.2) is 109 Å². The van der Waals surface area contributed by atoms with Gasteiger partial charge >= 0.3 is 0 Å². The van der Waals surface area contributed by atoms with E-state index in [0.717, 1.165) is 11.0 Å². The van der Waals surface area contributed by atoms with Crippen molar-refractivity contribution in [2.75, 3.05) is 0 Å². The Labute approximate surface area is 261 Å². The van der Waals surface area contributed by atoms with E-state index < -0.39 is 0 Å². The average Bonchev–Trinajstić information content (AvgIpc) is 3.12. The predicted octanol–water partition coefficient (Wildman–Crippen LogP) is 11.9. The van der Waals surface area contributed by atoms with Crippen LogP contribution in [0.4, 0.5) is 0 Å². The standard InChI is InChI=1S/C42H40N2/c1-5-13-29(14-6-1)34-25-35(30-15-7-2-8-16-30)27-36(26-34)38-28-40(32-19-11-4-12-20-32)44-42-37(38)23-21-33-22-24-39(43-41(33)42)31-17-9-3-10-18-31/h1-2,5-8,13-16,21-28,31-32H,3-4,9-12,17-20H2. The number of pyridine rings is 2. The van der Waals surface area contributed by atoms with E-state index >= 15 is 0 Å². The zero-order valence-electron chi connectivity index (χ0n) is 25.5. The van der Waals surface area contributed by atoms with Crippen LogP contribution >= 0.6 is 0 Å². The van der Waals surface area contributed by atoms with Crippen LogP contribution in [0.25, 0.3) is 55.2 Å². The second kappa shape index (κ2) is 12.0. The molecular weight excluding hydrogens is 532 g/mol. The number of nitrogens with zero attached hydrogens (tertiary/aromatic N) is 2. The number of hydrogen-bond donors (Lipinski definition) is 0. The number of benzene rings is 4. The number of rotatable bonds is 5. The van der Waals surface area contributed by atoms with E-state index in [2.05, 4.69) is 109 Å². The summed E-state index contributed by atoms with van der Waals surface area (Å²) in [6, 6.07) is 40.3. The molecule has 2 fully saturated rings. The molecule has 0 radical (unpaired) electrons. The largest absolute Gasteiger partial charge is 0.250 e. The maximum atomic E-state index is 5.50. The molecule has 0 amide bonds. The van der Waals surface area contributed by atoms with Gasteiger partial charge in [-0.05, 0) is 89.4 Å². The van der Waals surface area contributed by atoms with Gasteiger partial charge in [-0.15, -0.1) is 0 Å². The van der Waals surface area contributed by atoms with E-state index in [4.69, 9.17) is 9.97 Å². The number of aromatic nitrogens is 2. The molecule has 2 aliphatic carbocycles. The van der Waals surface area contributed by atoms with Crippen LogP contribution in [0.5, 0.6) is 0 Å². The van der Waals surface area contributed by atoms with Crippen LogP contribution in [0.1, 0.15) is 87.4 Å². The van der Waals surface area contributed by atoms with E-state index in [-0.39, 0.29) is 0 Å². The van der Waals surface area contributed by atoms with Crippen molar-refractivity contribution in [3.05, 3.63) is 121 Å². The van der Waals surface area contributed by atoms with Crippen molar-refractivity contribution in [3.8, 4) is 33.4 Å². The zero-order valence-corrected chi connectivity index (χ0v) is 25.5. The summed E-state index contributed by atoms with van der Waals surface area (Å²) in [5.74, 6) is 1.08. The summed E-state index contributed by atoms with van der Waals surface area (Å²) in [5.41, 5.74) is 12.1. The molecule has 0 unspecified atom stereocenters. The minimum Gasteiger partial charge on any atom is -0.250 e. The lowest BCUT2D eigenvalue weighted by Crippen LogP contribution is -2.08. The zero-order chi connectivity index (χ0) is 29.3. The molecule has 6 aromatic rings. The van der Waals surface area contributed by atoms with Gasteiger partial charge in [0.05, 0.1) is 11.0 Å². The molecule has 2 saturated carbocycles. The molecule has 0 saturated heterocycles. The minimum absolute atomic E-state index is 0.509. The van der Waals surface area contributed by atoms with Gasteiger partial charge in [0.1, 0.15) is 0 Å². The summed E-state index contributed by atoms with van der Waals surface area (Å²) in [5, 5.41) is 2.40. The average molecular weight is 573 g/mol. The molecule has 218 valence electrons. The molecule has 8 rings (SSSR count). The van der Waals surface area contributed by atoms with Crippen molar-refractivity contribution >= 4 is 21.8 Å². The quantitative estimate of drug-likeness (QED) is 0.192. The van der Waals surface area contributed by atoms with Crippen LogP contribution < -0.4 is 0 Å². The number of fused-ring (bicyclic) bond motifs is 3. The number of hydrogen-bond acceptors (Lipinski definition) is 2. The van der Waals surface area contributed by atoms with Crippen molar-refractivity contribution in [2.24, 2.45) is 0 Å². The monoisotopic (exact) mass is 572 g/mol. The first-order valence-corrected chi connectivity index (χ1v) is 16.8. The Bertz CT molecular complexity index is 1860. The van der Waals surface area contributed by atoms with Gasteiger partial charge in [-0.25, -0.2) is 0 Å². The molecule has 0 bridgehead atoms. The van der Waals surface area contributed by atoms with E-state index in [9.17, 15) is 0 Å².